The highest BCUT2D eigenvalue weighted by Crippen LogP contribution is 2.07. The molecule has 0 bridgehead atoms. The molecule has 0 saturated carbocycles. The van der Waals surface area contributed by atoms with Crippen LogP contribution in [0.5, 0.6) is 0 Å². The van der Waals surface area contributed by atoms with Crippen molar-refractivity contribution in [3.63, 3.8) is 0 Å². The first-order valence-corrected chi connectivity index (χ1v) is 5.20. The van der Waals surface area contributed by atoms with Crippen molar-refractivity contribution in [2.45, 2.75) is 44.0 Å². The molecule has 5 atom stereocenters. The lowest BCUT2D eigenvalue weighted by Gasteiger charge is -2.28. The number of aliphatic hydroxyl groups excluding tert-OH is 6. The van der Waals surface area contributed by atoms with Crippen molar-refractivity contribution >= 4 is 0 Å². The summed E-state index contributed by atoms with van der Waals surface area (Å²) in [7, 11) is 0. The van der Waals surface area contributed by atoms with Crippen LogP contribution in [0.15, 0.2) is 0 Å². The molecule has 16 heavy (non-hydrogen) atoms. The van der Waals surface area contributed by atoms with Gasteiger partial charge in [0, 0.05) is 0 Å². The summed E-state index contributed by atoms with van der Waals surface area (Å²) < 4.78 is 0. The zero-order valence-electron chi connectivity index (χ0n) is 9.19. The third kappa shape index (κ3) is 4.71. The molecule has 0 aliphatic rings. The van der Waals surface area contributed by atoms with Gasteiger partial charge in [-0.15, -0.1) is 0 Å². The molecule has 0 saturated heterocycles. The fourth-order valence-electron chi connectivity index (χ4n) is 1.14. The Morgan fingerprint density at radius 3 is 1.94 bits per heavy atom. The minimum Gasteiger partial charge on any atom is -0.394 e. The molecule has 0 aromatic rings. The van der Waals surface area contributed by atoms with Crippen LogP contribution in [-0.2, 0) is 0 Å². The van der Waals surface area contributed by atoms with Gasteiger partial charge in [0.2, 0.25) is 0 Å². The monoisotopic (exact) mass is 239 g/mol. The van der Waals surface area contributed by atoms with Crippen molar-refractivity contribution in [2.24, 2.45) is 0 Å². The Morgan fingerprint density at radius 1 is 0.938 bits per heavy atom. The molecule has 0 fully saturated rings. The first-order chi connectivity index (χ1) is 7.45. The molecule has 1 unspecified atom stereocenters. The summed E-state index contributed by atoms with van der Waals surface area (Å²) in [6, 6.07) is 0. The van der Waals surface area contributed by atoms with Gasteiger partial charge in [-0.1, -0.05) is 6.92 Å². The summed E-state index contributed by atoms with van der Waals surface area (Å²) in [5.74, 6) is 0. The van der Waals surface area contributed by atoms with Crippen molar-refractivity contribution in [1.82, 2.24) is 5.32 Å². The van der Waals surface area contributed by atoms with Crippen LogP contribution in [0.3, 0.4) is 0 Å². The van der Waals surface area contributed by atoms with E-state index in [4.69, 9.17) is 10.2 Å². The van der Waals surface area contributed by atoms with E-state index in [1.165, 1.54) is 0 Å². The van der Waals surface area contributed by atoms with Gasteiger partial charge >= 0.3 is 0 Å². The summed E-state index contributed by atoms with van der Waals surface area (Å²) in [6.45, 7) is 1.54. The Hall–Kier alpha value is -0.280. The van der Waals surface area contributed by atoms with Crippen molar-refractivity contribution < 1.29 is 30.6 Å². The molecule has 7 heteroatoms. The topological polar surface area (TPSA) is 133 Å². The van der Waals surface area contributed by atoms with Gasteiger partial charge in [-0.2, -0.15) is 0 Å². The molecule has 0 spiro atoms. The van der Waals surface area contributed by atoms with Crippen molar-refractivity contribution in [2.75, 3.05) is 13.2 Å². The standard InChI is InChI=1S/C9H21NO6/c1-2-3-10-9(16)8(15)7(14)6(13)5(12)4-11/h5-16H,2-4H2,1H3/t5-,6-,7+,8-,9?/m1/s1. The highest BCUT2D eigenvalue weighted by atomic mass is 16.4. The molecule has 0 amide bonds. The summed E-state index contributed by atoms with van der Waals surface area (Å²) in [5, 5.41) is 57.5. The van der Waals surface area contributed by atoms with E-state index in [1.807, 2.05) is 6.92 Å². The van der Waals surface area contributed by atoms with E-state index >= 15 is 0 Å². The van der Waals surface area contributed by atoms with Gasteiger partial charge in [0.1, 0.15) is 30.6 Å². The number of nitrogens with one attached hydrogen (secondary N) is 1. The number of hydrogen-bond donors (Lipinski definition) is 7. The Balaban J connectivity index is 4.19. The summed E-state index contributed by atoms with van der Waals surface area (Å²) in [4.78, 5) is 0. The van der Waals surface area contributed by atoms with Gasteiger partial charge in [-0.05, 0) is 13.0 Å². The predicted octanol–water partition coefficient (Wildman–Crippen LogP) is -3.26. The lowest BCUT2D eigenvalue weighted by molar-refractivity contribution is -0.144. The molecule has 98 valence electrons. The Morgan fingerprint density at radius 2 is 1.50 bits per heavy atom. The van der Waals surface area contributed by atoms with E-state index in [-0.39, 0.29) is 0 Å². The zero-order chi connectivity index (χ0) is 12.7. The highest BCUT2D eigenvalue weighted by molar-refractivity contribution is 4.83. The second-order valence-corrected chi connectivity index (χ2v) is 3.62. The minimum absolute atomic E-state index is 0.434. The quantitative estimate of drug-likeness (QED) is 0.221. The fraction of sp³-hybridized carbons (Fsp3) is 1.00. The van der Waals surface area contributed by atoms with Crippen LogP contribution in [0, 0.1) is 0 Å². The molecular weight excluding hydrogens is 218 g/mol. The zero-order valence-corrected chi connectivity index (χ0v) is 9.19. The lowest BCUT2D eigenvalue weighted by atomic mass is 10.0. The van der Waals surface area contributed by atoms with Crippen LogP contribution in [0.1, 0.15) is 13.3 Å². The lowest BCUT2D eigenvalue weighted by Crippen LogP contribution is -2.53. The fourth-order valence-corrected chi connectivity index (χ4v) is 1.14. The molecule has 0 aliphatic carbocycles. The first-order valence-electron chi connectivity index (χ1n) is 5.20. The van der Waals surface area contributed by atoms with Crippen LogP contribution in [0.2, 0.25) is 0 Å². The van der Waals surface area contributed by atoms with Crippen LogP contribution < -0.4 is 5.32 Å². The molecule has 0 aromatic heterocycles. The van der Waals surface area contributed by atoms with E-state index in [1.54, 1.807) is 0 Å². The maximum absolute atomic E-state index is 9.41. The maximum Gasteiger partial charge on any atom is 0.133 e. The highest BCUT2D eigenvalue weighted by Gasteiger charge is 2.33. The third-order valence-electron chi connectivity index (χ3n) is 2.21. The second kappa shape index (κ2) is 7.91. The van der Waals surface area contributed by atoms with Crippen LogP contribution in [-0.4, -0.2) is 74.4 Å². The normalized spacial score (nSPS) is 21.2. The average Bonchev–Trinajstić information content (AvgIpc) is 2.31. The van der Waals surface area contributed by atoms with Gasteiger partial charge in [0.05, 0.1) is 6.61 Å². The first kappa shape index (κ1) is 15.7. The van der Waals surface area contributed by atoms with Gasteiger partial charge in [0.15, 0.2) is 0 Å². The van der Waals surface area contributed by atoms with Gasteiger partial charge in [-0.25, -0.2) is 0 Å². The van der Waals surface area contributed by atoms with E-state index in [0.29, 0.717) is 6.54 Å². The van der Waals surface area contributed by atoms with Gasteiger partial charge < -0.3 is 30.6 Å². The third-order valence-corrected chi connectivity index (χ3v) is 2.21. The average molecular weight is 239 g/mol. The summed E-state index contributed by atoms with van der Waals surface area (Å²) in [5.41, 5.74) is 0. The smallest absolute Gasteiger partial charge is 0.133 e. The number of hydrogen-bond acceptors (Lipinski definition) is 7. The van der Waals surface area contributed by atoms with Crippen LogP contribution in [0.4, 0.5) is 0 Å². The second-order valence-electron chi connectivity index (χ2n) is 3.62. The maximum atomic E-state index is 9.41. The largest absolute Gasteiger partial charge is 0.394 e. The van der Waals surface area contributed by atoms with Gasteiger partial charge in [-0.3, -0.25) is 5.32 Å². The minimum atomic E-state index is -1.75. The molecular formula is C9H21NO6. The number of rotatable bonds is 8. The molecule has 0 radical (unpaired) electrons. The van der Waals surface area contributed by atoms with Crippen molar-refractivity contribution in [3.05, 3.63) is 0 Å². The van der Waals surface area contributed by atoms with Crippen LogP contribution >= 0.6 is 0 Å². The van der Waals surface area contributed by atoms with E-state index in [0.717, 1.165) is 6.42 Å². The van der Waals surface area contributed by atoms with E-state index < -0.39 is 37.3 Å². The molecule has 7 N–H and O–H groups in total. The van der Waals surface area contributed by atoms with Crippen molar-refractivity contribution in [3.8, 4) is 0 Å². The number of aliphatic hydroxyl groups is 6. The SMILES string of the molecule is CCCNC(O)[C@H](O)[C@@H](O)[C@H](O)[C@H](O)CO. The van der Waals surface area contributed by atoms with E-state index in [9.17, 15) is 20.4 Å². The molecule has 0 rings (SSSR count). The molecule has 0 aliphatic heterocycles. The Labute approximate surface area is 94.0 Å². The Bertz CT molecular complexity index is 181. The van der Waals surface area contributed by atoms with Crippen LogP contribution in [0.25, 0.3) is 0 Å². The predicted molar refractivity (Wildman–Crippen MR) is 55.4 cm³/mol. The molecule has 0 aromatic carbocycles. The van der Waals surface area contributed by atoms with E-state index in [2.05, 4.69) is 5.32 Å². The summed E-state index contributed by atoms with van der Waals surface area (Å²) in [6.07, 6.45) is -7.37. The molecule has 0 heterocycles. The van der Waals surface area contributed by atoms with Gasteiger partial charge in [0.25, 0.3) is 0 Å². The molecule has 7 nitrogen and oxygen atoms in total. The van der Waals surface area contributed by atoms with Crippen molar-refractivity contribution in [1.29, 1.82) is 0 Å². The Kier molecular flexibility index (Phi) is 7.77. The summed E-state index contributed by atoms with van der Waals surface area (Å²) >= 11 is 0.